The van der Waals surface area contributed by atoms with Crippen LogP contribution in [0.15, 0.2) is 47.7 Å². The molecule has 0 saturated heterocycles. The summed E-state index contributed by atoms with van der Waals surface area (Å²) >= 11 is 3.43. The third-order valence-electron chi connectivity index (χ3n) is 2.57. The van der Waals surface area contributed by atoms with Crippen molar-refractivity contribution in [3.63, 3.8) is 0 Å². The molecule has 1 aliphatic rings. The Labute approximate surface area is 123 Å². The molecular weight excluding hydrogens is 339 g/mol. The molecule has 0 radical (unpaired) electrons. The molecule has 0 saturated carbocycles. The van der Waals surface area contributed by atoms with E-state index in [1.807, 2.05) is 0 Å². The van der Waals surface area contributed by atoms with Gasteiger partial charge in [0.25, 0.3) is 0 Å². The molecular formula is C13H15BrF3NO2. The summed E-state index contributed by atoms with van der Waals surface area (Å²) in [4.78, 5) is 0. The van der Waals surface area contributed by atoms with Gasteiger partial charge >= 0.3 is 6.18 Å². The molecule has 7 heteroatoms. The first-order chi connectivity index (χ1) is 9.10. The number of ether oxygens (including phenoxy) is 2. The lowest BCUT2D eigenvalue weighted by molar-refractivity contribution is -0.0952. The molecule has 0 aromatic carbocycles. The molecule has 0 bridgehead atoms. The molecule has 1 atom stereocenters. The van der Waals surface area contributed by atoms with Crippen LogP contribution >= 0.6 is 15.9 Å². The van der Waals surface area contributed by atoms with E-state index in [4.69, 9.17) is 9.47 Å². The van der Waals surface area contributed by atoms with Crippen molar-refractivity contribution in [2.24, 2.45) is 0 Å². The molecule has 0 aromatic rings. The Hall–Kier alpha value is -1.37. The van der Waals surface area contributed by atoms with Gasteiger partial charge in [0.15, 0.2) is 0 Å². The van der Waals surface area contributed by atoms with E-state index < -0.39 is 16.2 Å². The molecule has 0 fully saturated rings. The fourth-order valence-electron chi connectivity index (χ4n) is 1.55. The highest BCUT2D eigenvalue weighted by Gasteiger charge is 2.33. The number of halogens is 4. The van der Waals surface area contributed by atoms with E-state index >= 15 is 0 Å². The van der Waals surface area contributed by atoms with Crippen LogP contribution in [0.25, 0.3) is 0 Å². The number of allylic oxidation sites excluding steroid dienone is 4. The monoisotopic (exact) mass is 353 g/mol. The van der Waals surface area contributed by atoms with Crippen LogP contribution in [0.4, 0.5) is 13.2 Å². The van der Waals surface area contributed by atoms with Crippen molar-refractivity contribution in [1.82, 2.24) is 5.32 Å². The molecule has 0 amide bonds. The predicted molar refractivity (Wildman–Crippen MR) is 73.9 cm³/mol. The van der Waals surface area contributed by atoms with E-state index in [1.54, 1.807) is 13.0 Å². The lowest BCUT2D eigenvalue weighted by Gasteiger charge is -2.21. The summed E-state index contributed by atoms with van der Waals surface area (Å²) in [5.41, 5.74) is -0.899. The molecule has 0 aromatic heterocycles. The second kappa shape index (κ2) is 5.95. The van der Waals surface area contributed by atoms with Gasteiger partial charge in [0.05, 0.1) is 14.2 Å². The summed E-state index contributed by atoms with van der Waals surface area (Å²) in [6.07, 6.45) is 0.0485. The summed E-state index contributed by atoms with van der Waals surface area (Å²) < 4.78 is 47.2. The van der Waals surface area contributed by atoms with Crippen LogP contribution in [0.5, 0.6) is 0 Å². The van der Waals surface area contributed by atoms with Crippen molar-refractivity contribution in [2.45, 2.75) is 17.4 Å². The molecule has 1 aliphatic carbocycles. The van der Waals surface area contributed by atoms with Crippen LogP contribution in [0.3, 0.4) is 0 Å². The Morgan fingerprint density at radius 2 is 1.90 bits per heavy atom. The van der Waals surface area contributed by atoms with Crippen molar-refractivity contribution in [3.05, 3.63) is 47.7 Å². The number of hydrogen-bond donors (Lipinski definition) is 1. The van der Waals surface area contributed by atoms with Gasteiger partial charge in [-0.05, 0) is 13.0 Å². The van der Waals surface area contributed by atoms with Crippen LogP contribution in [0, 0.1) is 0 Å². The Kier molecular flexibility index (Phi) is 4.96. The first-order valence-corrected chi connectivity index (χ1v) is 6.36. The van der Waals surface area contributed by atoms with Crippen molar-refractivity contribution < 1.29 is 22.6 Å². The predicted octanol–water partition coefficient (Wildman–Crippen LogP) is 3.76. The number of hydrogen-bond acceptors (Lipinski definition) is 3. The molecule has 1 N–H and O–H groups in total. The summed E-state index contributed by atoms with van der Waals surface area (Å²) in [5, 5.41) is 2.21. The second-order valence-corrected chi connectivity index (χ2v) is 5.89. The minimum Gasteiger partial charge on any atom is -0.499 e. The minimum atomic E-state index is -4.52. The molecule has 112 valence electrons. The first-order valence-electron chi connectivity index (χ1n) is 5.57. The smallest absolute Gasteiger partial charge is 0.430 e. The highest BCUT2D eigenvalue weighted by atomic mass is 79.9. The van der Waals surface area contributed by atoms with Crippen molar-refractivity contribution >= 4 is 15.9 Å². The van der Waals surface area contributed by atoms with Gasteiger partial charge in [-0.1, -0.05) is 22.5 Å². The van der Waals surface area contributed by atoms with Gasteiger partial charge < -0.3 is 14.8 Å². The molecule has 1 unspecified atom stereocenters. The van der Waals surface area contributed by atoms with Crippen LogP contribution in [-0.2, 0) is 9.47 Å². The SMILES string of the molecule is C=C(NC1=CC(OC)=CC(C)(Br)C(OC)=C1)C(F)(F)F. The van der Waals surface area contributed by atoms with Crippen LogP contribution in [-0.4, -0.2) is 24.7 Å². The maximum Gasteiger partial charge on any atom is 0.430 e. The number of rotatable bonds is 4. The highest BCUT2D eigenvalue weighted by Crippen LogP contribution is 2.34. The average Bonchev–Trinajstić information content (AvgIpc) is 2.44. The van der Waals surface area contributed by atoms with Gasteiger partial charge in [-0.3, -0.25) is 0 Å². The van der Waals surface area contributed by atoms with Crippen molar-refractivity contribution in [3.8, 4) is 0 Å². The molecule has 0 heterocycles. The minimum absolute atomic E-state index is 0.167. The average molecular weight is 354 g/mol. The fourth-order valence-corrected chi connectivity index (χ4v) is 2.05. The van der Waals surface area contributed by atoms with Gasteiger partial charge in [-0.2, -0.15) is 13.2 Å². The molecule has 3 nitrogen and oxygen atoms in total. The zero-order chi connectivity index (χ0) is 15.6. The largest absolute Gasteiger partial charge is 0.499 e. The maximum atomic E-state index is 12.5. The van der Waals surface area contributed by atoms with Crippen LogP contribution < -0.4 is 5.32 Å². The van der Waals surface area contributed by atoms with Gasteiger partial charge in [0, 0.05) is 17.8 Å². The summed E-state index contributed by atoms with van der Waals surface area (Å²) in [5.74, 6) is 0.823. The molecule has 20 heavy (non-hydrogen) atoms. The Morgan fingerprint density at radius 1 is 1.30 bits per heavy atom. The third kappa shape index (κ3) is 4.06. The van der Waals surface area contributed by atoms with Gasteiger partial charge in [0.1, 0.15) is 21.5 Å². The lowest BCUT2D eigenvalue weighted by atomic mass is 10.1. The van der Waals surface area contributed by atoms with E-state index in [0.717, 1.165) is 0 Å². The van der Waals surface area contributed by atoms with E-state index in [9.17, 15) is 13.2 Å². The zero-order valence-corrected chi connectivity index (χ0v) is 12.9. The maximum absolute atomic E-state index is 12.5. The number of nitrogens with one attached hydrogen (secondary N) is 1. The Balaban J connectivity index is 3.15. The Morgan fingerprint density at radius 3 is 2.35 bits per heavy atom. The van der Waals surface area contributed by atoms with Crippen molar-refractivity contribution in [1.29, 1.82) is 0 Å². The summed E-state index contributed by atoms with van der Waals surface area (Å²) in [7, 11) is 2.87. The van der Waals surface area contributed by atoms with Gasteiger partial charge in [-0.15, -0.1) is 0 Å². The van der Waals surface area contributed by atoms with E-state index in [2.05, 4.69) is 27.8 Å². The first kappa shape index (κ1) is 16.7. The quantitative estimate of drug-likeness (QED) is 0.780. The summed E-state index contributed by atoms with van der Waals surface area (Å²) in [6.45, 7) is 4.76. The zero-order valence-electron chi connectivity index (χ0n) is 11.3. The topological polar surface area (TPSA) is 30.5 Å². The van der Waals surface area contributed by atoms with E-state index in [-0.39, 0.29) is 5.70 Å². The van der Waals surface area contributed by atoms with Gasteiger partial charge in [-0.25, -0.2) is 0 Å². The fraction of sp³-hybridized carbons (Fsp3) is 0.385. The number of methoxy groups -OCH3 is 2. The normalized spacial score (nSPS) is 23.1. The van der Waals surface area contributed by atoms with Crippen LogP contribution in [0.1, 0.15) is 6.92 Å². The second-order valence-electron chi connectivity index (χ2n) is 4.24. The van der Waals surface area contributed by atoms with E-state index in [0.29, 0.717) is 11.5 Å². The van der Waals surface area contributed by atoms with Crippen molar-refractivity contribution in [2.75, 3.05) is 14.2 Å². The van der Waals surface area contributed by atoms with Crippen LogP contribution in [0.2, 0.25) is 0 Å². The molecule has 0 aliphatic heterocycles. The standard InChI is InChI=1S/C13H15BrF3NO2/c1-8(13(15,16)17)18-9-5-10(19-3)7-12(2,14)11(6-9)20-4/h5-7,18H,1H2,2-4H3. The highest BCUT2D eigenvalue weighted by molar-refractivity contribution is 9.10. The van der Waals surface area contributed by atoms with Gasteiger partial charge in [0.2, 0.25) is 0 Å². The lowest BCUT2D eigenvalue weighted by Crippen LogP contribution is -2.25. The molecule has 1 rings (SSSR count). The van der Waals surface area contributed by atoms with E-state index in [1.165, 1.54) is 26.4 Å². The molecule has 0 spiro atoms. The third-order valence-corrected chi connectivity index (χ3v) is 3.19. The Bertz CT molecular complexity index is 490. The number of alkyl halides is 4. The summed E-state index contributed by atoms with van der Waals surface area (Å²) in [6, 6.07) is 0.